The molecule has 1 heterocycles. The minimum absolute atomic E-state index is 0.123. The van der Waals surface area contributed by atoms with E-state index in [2.05, 4.69) is 35.1 Å². The molecule has 0 radical (unpaired) electrons. The summed E-state index contributed by atoms with van der Waals surface area (Å²) < 4.78 is 0. The third-order valence-corrected chi connectivity index (χ3v) is 3.82. The van der Waals surface area contributed by atoms with Gasteiger partial charge in [-0.05, 0) is 56.0 Å². The molecule has 0 aliphatic carbocycles. The van der Waals surface area contributed by atoms with Crippen LogP contribution in [0.5, 0.6) is 0 Å². The monoisotopic (exact) mass is 325 g/mol. The number of rotatable bonds is 7. The van der Waals surface area contributed by atoms with Gasteiger partial charge < -0.3 is 10.2 Å². The number of amides is 1. The first-order chi connectivity index (χ1) is 11.5. The number of hydrogen-bond acceptors (Lipinski definition) is 3. The van der Waals surface area contributed by atoms with Crippen molar-refractivity contribution < 1.29 is 4.79 Å². The van der Waals surface area contributed by atoms with Crippen molar-refractivity contribution >= 4 is 17.3 Å². The summed E-state index contributed by atoms with van der Waals surface area (Å²) in [6.45, 7) is 10.3. The van der Waals surface area contributed by atoms with Gasteiger partial charge in [0.05, 0.1) is 17.4 Å². The summed E-state index contributed by atoms with van der Waals surface area (Å²) in [7, 11) is 0. The van der Waals surface area contributed by atoms with Crippen molar-refractivity contribution in [1.29, 1.82) is 0 Å². The molecule has 0 spiro atoms. The van der Waals surface area contributed by atoms with E-state index < -0.39 is 0 Å². The number of pyridine rings is 1. The lowest BCUT2D eigenvalue weighted by atomic mass is 10.1. The van der Waals surface area contributed by atoms with Gasteiger partial charge >= 0.3 is 0 Å². The molecule has 1 aromatic heterocycles. The number of anilines is 2. The van der Waals surface area contributed by atoms with E-state index in [1.165, 1.54) is 0 Å². The summed E-state index contributed by atoms with van der Waals surface area (Å²) in [5.74, 6) is -0.123. The van der Waals surface area contributed by atoms with Crippen LogP contribution in [0.15, 0.2) is 36.7 Å². The molecule has 0 fully saturated rings. The molecular weight excluding hydrogens is 298 g/mol. The average Bonchev–Trinajstić information content (AvgIpc) is 2.54. The van der Waals surface area contributed by atoms with E-state index in [0.717, 1.165) is 48.4 Å². The van der Waals surface area contributed by atoms with Gasteiger partial charge in [0.25, 0.3) is 5.91 Å². The number of hydrogen-bond donors (Lipinski definition) is 1. The topological polar surface area (TPSA) is 45.2 Å². The molecule has 4 heteroatoms. The second kappa shape index (κ2) is 8.48. The van der Waals surface area contributed by atoms with Crippen LogP contribution >= 0.6 is 0 Å². The van der Waals surface area contributed by atoms with Crippen LogP contribution in [-0.2, 0) is 0 Å². The van der Waals surface area contributed by atoms with Gasteiger partial charge in [-0.2, -0.15) is 0 Å². The zero-order chi connectivity index (χ0) is 17.5. The number of nitrogens with one attached hydrogen (secondary N) is 1. The van der Waals surface area contributed by atoms with Crippen LogP contribution in [0.1, 0.15) is 48.2 Å². The molecule has 128 valence electrons. The molecule has 2 aromatic rings. The Morgan fingerprint density at radius 3 is 2.21 bits per heavy atom. The number of benzene rings is 1. The van der Waals surface area contributed by atoms with Crippen molar-refractivity contribution in [3.63, 3.8) is 0 Å². The Balaban J connectivity index is 2.18. The highest BCUT2D eigenvalue weighted by molar-refractivity contribution is 6.04. The number of carbonyl (C=O) groups excluding carboxylic acids is 1. The largest absolute Gasteiger partial charge is 0.370 e. The maximum Gasteiger partial charge on any atom is 0.257 e. The van der Waals surface area contributed by atoms with E-state index in [0.29, 0.717) is 5.56 Å². The highest BCUT2D eigenvalue weighted by atomic mass is 16.1. The number of carbonyl (C=O) groups is 1. The van der Waals surface area contributed by atoms with Crippen LogP contribution in [-0.4, -0.2) is 24.0 Å². The molecule has 1 amide bonds. The maximum atomic E-state index is 12.6. The van der Waals surface area contributed by atoms with Gasteiger partial charge in [0, 0.05) is 25.0 Å². The van der Waals surface area contributed by atoms with Crippen molar-refractivity contribution in [2.75, 3.05) is 23.3 Å². The van der Waals surface area contributed by atoms with E-state index in [4.69, 9.17) is 0 Å². The molecular formula is C20H27N3O. The molecule has 1 aromatic carbocycles. The first kappa shape index (κ1) is 18.0. The second-order valence-electron chi connectivity index (χ2n) is 6.25. The first-order valence-electron chi connectivity index (χ1n) is 8.63. The van der Waals surface area contributed by atoms with Crippen molar-refractivity contribution in [1.82, 2.24) is 4.98 Å². The first-order valence-corrected chi connectivity index (χ1v) is 8.63. The van der Waals surface area contributed by atoms with E-state index in [1.54, 1.807) is 6.20 Å². The van der Waals surface area contributed by atoms with E-state index in [9.17, 15) is 4.79 Å². The quantitative estimate of drug-likeness (QED) is 0.810. The Hall–Kier alpha value is -2.36. The molecule has 0 bridgehead atoms. The fraction of sp³-hybridized carbons (Fsp3) is 0.400. The van der Waals surface area contributed by atoms with Crippen molar-refractivity contribution in [2.24, 2.45) is 0 Å². The third kappa shape index (κ3) is 4.82. The molecule has 0 saturated heterocycles. The molecule has 24 heavy (non-hydrogen) atoms. The van der Waals surface area contributed by atoms with E-state index in [-0.39, 0.29) is 5.91 Å². The lowest BCUT2D eigenvalue weighted by molar-refractivity contribution is 0.102. The molecule has 0 aliphatic rings. The molecule has 0 unspecified atom stereocenters. The third-order valence-electron chi connectivity index (χ3n) is 3.82. The van der Waals surface area contributed by atoms with Gasteiger partial charge in [-0.1, -0.05) is 19.9 Å². The molecule has 4 nitrogen and oxygen atoms in total. The lowest BCUT2D eigenvalue weighted by Gasteiger charge is -2.23. The molecule has 1 N–H and O–H groups in total. The Morgan fingerprint density at radius 2 is 1.62 bits per heavy atom. The highest BCUT2D eigenvalue weighted by Crippen LogP contribution is 2.18. The number of aromatic nitrogens is 1. The maximum absolute atomic E-state index is 12.6. The Kier molecular flexibility index (Phi) is 6.36. The summed E-state index contributed by atoms with van der Waals surface area (Å²) >= 11 is 0. The smallest absolute Gasteiger partial charge is 0.257 e. The average molecular weight is 325 g/mol. The molecule has 0 saturated carbocycles. The van der Waals surface area contributed by atoms with Crippen LogP contribution in [0, 0.1) is 13.8 Å². The Labute approximate surface area is 144 Å². The van der Waals surface area contributed by atoms with Crippen molar-refractivity contribution in [3.8, 4) is 0 Å². The van der Waals surface area contributed by atoms with E-state index in [1.807, 2.05) is 38.2 Å². The Bertz CT molecular complexity index is 671. The summed E-state index contributed by atoms with van der Waals surface area (Å²) in [4.78, 5) is 19.1. The zero-order valence-electron chi connectivity index (χ0n) is 15.1. The number of aryl methyl sites for hydroxylation is 2. The van der Waals surface area contributed by atoms with Crippen LogP contribution in [0.2, 0.25) is 0 Å². The fourth-order valence-corrected chi connectivity index (χ4v) is 2.88. The minimum atomic E-state index is -0.123. The van der Waals surface area contributed by atoms with Crippen LogP contribution < -0.4 is 10.2 Å². The Morgan fingerprint density at radius 1 is 1.00 bits per heavy atom. The molecule has 0 atom stereocenters. The van der Waals surface area contributed by atoms with E-state index >= 15 is 0 Å². The summed E-state index contributed by atoms with van der Waals surface area (Å²) in [6.07, 6.45) is 5.59. The van der Waals surface area contributed by atoms with Gasteiger partial charge in [-0.3, -0.25) is 9.78 Å². The van der Waals surface area contributed by atoms with Gasteiger partial charge in [0.15, 0.2) is 0 Å². The lowest BCUT2D eigenvalue weighted by Crippen LogP contribution is -2.25. The van der Waals surface area contributed by atoms with Crippen LogP contribution in [0.4, 0.5) is 11.4 Å². The predicted octanol–water partition coefficient (Wildman–Crippen LogP) is 4.58. The fourth-order valence-electron chi connectivity index (χ4n) is 2.88. The van der Waals surface area contributed by atoms with Crippen LogP contribution in [0.3, 0.4) is 0 Å². The summed E-state index contributed by atoms with van der Waals surface area (Å²) in [6, 6.07) is 7.97. The predicted molar refractivity (Wildman–Crippen MR) is 101 cm³/mol. The van der Waals surface area contributed by atoms with Gasteiger partial charge in [-0.15, -0.1) is 0 Å². The highest BCUT2D eigenvalue weighted by Gasteiger charge is 2.11. The van der Waals surface area contributed by atoms with Gasteiger partial charge in [0.2, 0.25) is 0 Å². The van der Waals surface area contributed by atoms with Gasteiger partial charge in [0.1, 0.15) is 0 Å². The van der Waals surface area contributed by atoms with Crippen molar-refractivity contribution in [3.05, 3.63) is 53.3 Å². The standard InChI is InChI=1S/C20H27N3O/c1-5-7-23(8-6-2)19-12-17(13-21-14-19)20(24)22-18-10-15(3)9-16(4)11-18/h9-14H,5-8H2,1-4H3,(H,22,24). The van der Waals surface area contributed by atoms with Crippen molar-refractivity contribution in [2.45, 2.75) is 40.5 Å². The SMILES string of the molecule is CCCN(CCC)c1cncc(C(=O)Nc2cc(C)cc(C)c2)c1. The molecule has 2 rings (SSSR count). The summed E-state index contributed by atoms with van der Waals surface area (Å²) in [5.41, 5.74) is 4.68. The zero-order valence-corrected chi connectivity index (χ0v) is 15.1. The normalized spacial score (nSPS) is 10.5. The number of nitrogens with zero attached hydrogens (tertiary/aromatic N) is 2. The van der Waals surface area contributed by atoms with Crippen LogP contribution in [0.25, 0.3) is 0 Å². The summed E-state index contributed by atoms with van der Waals surface area (Å²) in [5, 5.41) is 2.97. The minimum Gasteiger partial charge on any atom is -0.370 e. The second-order valence-corrected chi connectivity index (χ2v) is 6.25. The molecule has 0 aliphatic heterocycles. The van der Waals surface area contributed by atoms with Gasteiger partial charge in [-0.25, -0.2) is 0 Å².